The molecule has 2 aromatic rings. The van der Waals surface area contributed by atoms with E-state index in [0.29, 0.717) is 0 Å². The minimum absolute atomic E-state index is 0.0668. The van der Waals surface area contributed by atoms with Gasteiger partial charge in [0.1, 0.15) is 0 Å². The van der Waals surface area contributed by atoms with Crippen LogP contribution in [0.5, 0.6) is 5.75 Å². The lowest BCUT2D eigenvalue weighted by molar-refractivity contribution is -0.386. The number of aromatic hydroxyl groups is 1. The van der Waals surface area contributed by atoms with E-state index in [9.17, 15) is 33.2 Å². The highest BCUT2D eigenvalue weighted by atomic mass is 32.2. The number of hydrazine groups is 1. The number of anilines is 1. The van der Waals surface area contributed by atoms with Crippen molar-refractivity contribution in [1.82, 2.24) is 10.9 Å². The Kier molecular flexibility index (Phi) is 5.37. The number of nitro groups is 1. The maximum atomic E-state index is 12.4. The molecule has 4 N–H and O–H groups in total. The molecule has 0 aliphatic heterocycles. The van der Waals surface area contributed by atoms with Gasteiger partial charge in [-0.3, -0.25) is 35.3 Å². The second-order valence-electron chi connectivity index (χ2n) is 6.31. The topological polar surface area (TPSA) is 168 Å². The van der Waals surface area contributed by atoms with Crippen molar-refractivity contribution in [3.8, 4) is 5.75 Å². The van der Waals surface area contributed by atoms with E-state index in [-0.39, 0.29) is 23.1 Å². The van der Waals surface area contributed by atoms with Crippen LogP contribution in [0.2, 0.25) is 0 Å². The number of nitro benzene ring substituents is 1. The molecule has 0 aromatic heterocycles. The Hall–Kier alpha value is -3.67. The Morgan fingerprint density at radius 2 is 1.72 bits per heavy atom. The van der Waals surface area contributed by atoms with Gasteiger partial charge in [0.25, 0.3) is 15.9 Å². The molecule has 1 fully saturated rings. The lowest BCUT2D eigenvalue weighted by atomic mass is 10.2. The average Bonchev–Trinajstić information content (AvgIpc) is 3.51. The molecule has 0 radical (unpaired) electrons. The lowest BCUT2D eigenvalue weighted by Crippen LogP contribution is -2.42. The third kappa shape index (κ3) is 4.79. The molecule has 3 rings (SSSR count). The molecule has 0 bridgehead atoms. The van der Waals surface area contributed by atoms with E-state index in [2.05, 4.69) is 15.6 Å². The number of phenolic OH excluding ortho intramolecular Hbond substituents is 1. The first kappa shape index (κ1) is 20.1. The van der Waals surface area contributed by atoms with Gasteiger partial charge in [-0.15, -0.1) is 0 Å². The molecule has 1 saturated carbocycles. The molecule has 1 aliphatic rings. The lowest BCUT2D eigenvalue weighted by Gasteiger charge is -2.10. The fourth-order valence-corrected chi connectivity index (χ4v) is 3.44. The number of carbonyl (C=O) groups excluding carboxylic acids is 2. The maximum absolute atomic E-state index is 12.4. The fourth-order valence-electron chi connectivity index (χ4n) is 2.36. The minimum Gasteiger partial charge on any atom is -0.502 e. The Bertz CT molecular complexity index is 1080. The molecule has 2 amide bonds. The predicted molar refractivity (Wildman–Crippen MR) is 100 cm³/mol. The van der Waals surface area contributed by atoms with Crippen LogP contribution in [-0.2, 0) is 14.8 Å². The number of nitrogens with one attached hydrogen (secondary N) is 3. The smallest absolute Gasteiger partial charge is 0.312 e. The van der Waals surface area contributed by atoms with E-state index < -0.39 is 37.2 Å². The summed E-state index contributed by atoms with van der Waals surface area (Å²) in [6.07, 6.45) is 1.58. The van der Waals surface area contributed by atoms with Crippen LogP contribution >= 0.6 is 0 Å². The third-order valence-corrected chi connectivity index (χ3v) is 5.48. The number of amides is 2. The van der Waals surface area contributed by atoms with Crippen molar-refractivity contribution in [1.29, 1.82) is 0 Å². The van der Waals surface area contributed by atoms with E-state index in [4.69, 9.17) is 0 Å². The first-order chi connectivity index (χ1) is 13.7. The van der Waals surface area contributed by atoms with E-state index in [1.54, 1.807) is 0 Å². The summed E-state index contributed by atoms with van der Waals surface area (Å²) in [6, 6.07) is 8.01. The van der Waals surface area contributed by atoms with Crippen LogP contribution in [0.15, 0.2) is 47.4 Å². The molecular weight excluding hydrogens is 404 g/mol. The number of nitrogens with zero attached hydrogens (tertiary/aromatic N) is 1. The normalized spacial score (nSPS) is 13.4. The van der Waals surface area contributed by atoms with Crippen LogP contribution in [-0.4, -0.2) is 30.3 Å². The summed E-state index contributed by atoms with van der Waals surface area (Å²) in [6.45, 7) is 0. The number of phenols is 1. The van der Waals surface area contributed by atoms with Gasteiger partial charge in [-0.25, -0.2) is 8.42 Å². The second kappa shape index (κ2) is 7.75. The average molecular weight is 420 g/mol. The zero-order valence-corrected chi connectivity index (χ0v) is 15.6. The number of hydrogen-bond acceptors (Lipinski definition) is 7. The molecule has 0 heterocycles. The van der Waals surface area contributed by atoms with Crippen molar-refractivity contribution in [3.63, 3.8) is 0 Å². The van der Waals surface area contributed by atoms with E-state index in [0.717, 1.165) is 31.0 Å². The van der Waals surface area contributed by atoms with E-state index >= 15 is 0 Å². The summed E-state index contributed by atoms with van der Waals surface area (Å²) in [5.74, 6) is -1.55. The van der Waals surface area contributed by atoms with Crippen molar-refractivity contribution >= 4 is 33.2 Å². The van der Waals surface area contributed by atoms with Crippen LogP contribution in [0.1, 0.15) is 23.2 Å². The molecule has 29 heavy (non-hydrogen) atoms. The highest BCUT2D eigenvalue weighted by Crippen LogP contribution is 2.29. The van der Waals surface area contributed by atoms with Gasteiger partial charge in [0.15, 0.2) is 5.75 Å². The van der Waals surface area contributed by atoms with Gasteiger partial charge in [0.2, 0.25) is 5.91 Å². The summed E-state index contributed by atoms with van der Waals surface area (Å²) >= 11 is 0. The Labute approximate surface area is 164 Å². The van der Waals surface area contributed by atoms with E-state index in [1.165, 1.54) is 24.3 Å². The van der Waals surface area contributed by atoms with Crippen molar-refractivity contribution in [2.45, 2.75) is 17.7 Å². The van der Waals surface area contributed by atoms with E-state index in [1.807, 2.05) is 0 Å². The summed E-state index contributed by atoms with van der Waals surface area (Å²) in [7, 11) is -4.17. The number of hydrogen-bond donors (Lipinski definition) is 4. The fraction of sp³-hybridized carbons (Fsp3) is 0.176. The number of carbonyl (C=O) groups is 2. The third-order valence-electron chi connectivity index (χ3n) is 4.10. The first-order valence-corrected chi connectivity index (χ1v) is 9.86. The van der Waals surface area contributed by atoms with Crippen LogP contribution < -0.4 is 15.6 Å². The highest BCUT2D eigenvalue weighted by molar-refractivity contribution is 7.92. The molecule has 0 saturated heterocycles. The molecule has 152 valence electrons. The van der Waals surface area contributed by atoms with Gasteiger partial charge in [0.05, 0.1) is 9.82 Å². The van der Waals surface area contributed by atoms with Crippen LogP contribution in [0, 0.1) is 16.0 Å². The molecule has 12 heteroatoms. The van der Waals surface area contributed by atoms with Crippen LogP contribution in [0.25, 0.3) is 0 Å². The summed E-state index contributed by atoms with van der Waals surface area (Å²) in [5, 5.41) is 20.3. The second-order valence-corrected chi connectivity index (χ2v) is 7.99. The molecular formula is C17H16N4O7S. The van der Waals surface area contributed by atoms with Gasteiger partial charge < -0.3 is 5.11 Å². The number of rotatable bonds is 6. The monoisotopic (exact) mass is 420 g/mol. The van der Waals surface area contributed by atoms with Gasteiger partial charge >= 0.3 is 5.69 Å². The maximum Gasteiger partial charge on any atom is 0.312 e. The van der Waals surface area contributed by atoms with Crippen LogP contribution in [0.4, 0.5) is 11.4 Å². The predicted octanol–water partition coefficient (Wildman–Crippen LogP) is 1.27. The van der Waals surface area contributed by atoms with Crippen molar-refractivity contribution in [3.05, 3.63) is 58.1 Å². The Balaban J connectivity index is 1.68. The zero-order chi connectivity index (χ0) is 21.2. The molecule has 2 aromatic carbocycles. The van der Waals surface area contributed by atoms with Gasteiger partial charge in [0, 0.05) is 23.2 Å². The molecule has 0 spiro atoms. The number of benzene rings is 2. The minimum atomic E-state index is -4.17. The molecule has 0 unspecified atom stereocenters. The molecule has 1 aliphatic carbocycles. The molecule has 0 atom stereocenters. The quantitative estimate of drug-likeness (QED) is 0.403. The molecule has 11 nitrogen and oxygen atoms in total. The summed E-state index contributed by atoms with van der Waals surface area (Å²) < 4.78 is 27.0. The van der Waals surface area contributed by atoms with Crippen LogP contribution in [0.3, 0.4) is 0 Å². The largest absolute Gasteiger partial charge is 0.502 e. The Morgan fingerprint density at radius 1 is 1.07 bits per heavy atom. The standard InChI is InChI=1S/C17H16N4O7S/c22-15-8-7-13(9-14(15)21(25)26)29(27,28)20-12-5-3-11(4-6-12)17(24)19-18-16(23)10-1-2-10/h3-10,20,22H,1-2H2,(H,18,23)(H,19,24). The summed E-state index contributed by atoms with van der Waals surface area (Å²) in [5.41, 5.74) is 4.13. The summed E-state index contributed by atoms with van der Waals surface area (Å²) in [4.78, 5) is 33.1. The number of sulfonamides is 1. The van der Waals surface area contributed by atoms with Crippen molar-refractivity contribution in [2.24, 2.45) is 5.92 Å². The van der Waals surface area contributed by atoms with Gasteiger partial charge in [-0.1, -0.05) is 0 Å². The van der Waals surface area contributed by atoms with Crippen molar-refractivity contribution in [2.75, 3.05) is 4.72 Å². The van der Waals surface area contributed by atoms with Gasteiger partial charge in [-0.2, -0.15) is 0 Å². The Morgan fingerprint density at radius 3 is 2.31 bits per heavy atom. The van der Waals surface area contributed by atoms with Gasteiger partial charge in [-0.05, 0) is 49.2 Å². The SMILES string of the molecule is O=C(NNC(=O)C1CC1)c1ccc(NS(=O)(=O)c2ccc(O)c([N+](=O)[O-])c2)cc1. The zero-order valence-electron chi connectivity index (χ0n) is 14.8. The van der Waals surface area contributed by atoms with Crippen molar-refractivity contribution < 1.29 is 28.0 Å². The highest BCUT2D eigenvalue weighted by Gasteiger charge is 2.29. The first-order valence-electron chi connectivity index (χ1n) is 8.38.